The molecule has 0 radical (unpaired) electrons. The zero-order valence-corrected chi connectivity index (χ0v) is 30.0. The van der Waals surface area contributed by atoms with Gasteiger partial charge in [0.2, 0.25) is 0 Å². The van der Waals surface area contributed by atoms with Crippen molar-refractivity contribution in [2.45, 2.75) is 0 Å². The predicted octanol–water partition coefficient (Wildman–Crippen LogP) is 12.6. The van der Waals surface area contributed by atoms with Gasteiger partial charge in [-0.3, -0.25) is 4.98 Å². The molecule has 7 aromatic carbocycles. The molecular weight excluding hydrogens is 687 g/mol. The second-order valence-corrected chi connectivity index (χ2v) is 13.9. The van der Waals surface area contributed by atoms with Crippen LogP contribution in [0, 0.1) is 0 Å². The highest BCUT2D eigenvalue weighted by molar-refractivity contribution is 6.24. The van der Waals surface area contributed by atoms with Crippen LogP contribution in [0.25, 0.3) is 106 Å². The van der Waals surface area contributed by atoms with Crippen molar-refractivity contribution in [2.75, 3.05) is 0 Å². The van der Waals surface area contributed by atoms with Gasteiger partial charge in [-0.2, -0.15) is 0 Å². The fourth-order valence-corrected chi connectivity index (χ4v) is 7.87. The van der Waals surface area contributed by atoms with E-state index in [0.29, 0.717) is 17.5 Å². The third-order valence-corrected chi connectivity index (χ3v) is 10.5. The first-order chi connectivity index (χ1) is 27.8. The molecule has 6 heteroatoms. The van der Waals surface area contributed by atoms with Gasteiger partial charge in [0.05, 0.1) is 22.1 Å². The first-order valence-corrected chi connectivity index (χ1v) is 18.6. The molecule has 0 unspecified atom stereocenters. The van der Waals surface area contributed by atoms with E-state index in [1.807, 2.05) is 91.1 Å². The van der Waals surface area contributed by atoms with Crippen LogP contribution in [0.1, 0.15) is 0 Å². The minimum Gasteiger partial charge on any atom is -0.455 e. The average Bonchev–Trinajstić information content (AvgIpc) is 3.83. The third-order valence-electron chi connectivity index (χ3n) is 10.5. The quantitative estimate of drug-likeness (QED) is 0.171. The van der Waals surface area contributed by atoms with Gasteiger partial charge in [0, 0.05) is 55.9 Å². The van der Waals surface area contributed by atoms with Crippen LogP contribution in [0.15, 0.2) is 193 Å². The molecule has 56 heavy (non-hydrogen) atoms. The lowest BCUT2D eigenvalue weighted by Gasteiger charge is -2.13. The third kappa shape index (κ3) is 5.27. The Kier molecular flexibility index (Phi) is 7.38. The molecule has 0 saturated heterocycles. The van der Waals surface area contributed by atoms with Crippen molar-refractivity contribution in [3.63, 3.8) is 0 Å². The molecular formula is C50H31N5O. The van der Waals surface area contributed by atoms with Crippen molar-refractivity contribution in [1.29, 1.82) is 0 Å². The van der Waals surface area contributed by atoms with Crippen molar-refractivity contribution in [3.05, 3.63) is 188 Å². The maximum atomic E-state index is 6.90. The van der Waals surface area contributed by atoms with Gasteiger partial charge < -0.3 is 8.98 Å². The van der Waals surface area contributed by atoms with E-state index >= 15 is 0 Å². The summed E-state index contributed by atoms with van der Waals surface area (Å²) in [6, 6.07) is 62.3. The molecule has 0 aliphatic carbocycles. The SMILES string of the molecule is c1ccc(-c2cnc(-c3ccc4c(c3)oc3c4ccc4c3c3ccccc3n4-c3ccccc3)c(-c3nc(-c4ccccc4)nc(-c4ccccc4)n3)c2)cc1. The van der Waals surface area contributed by atoms with Gasteiger partial charge in [0.25, 0.3) is 0 Å². The molecule has 6 nitrogen and oxygen atoms in total. The highest BCUT2D eigenvalue weighted by atomic mass is 16.3. The van der Waals surface area contributed by atoms with E-state index in [1.165, 1.54) is 0 Å². The first kappa shape index (κ1) is 31.8. The Labute approximate surface area is 322 Å². The van der Waals surface area contributed by atoms with Crippen LogP contribution < -0.4 is 0 Å². The van der Waals surface area contributed by atoms with Gasteiger partial charge in [0.1, 0.15) is 11.2 Å². The van der Waals surface area contributed by atoms with Crippen LogP contribution in [-0.2, 0) is 0 Å². The molecule has 0 fully saturated rings. The molecule has 4 aromatic heterocycles. The maximum absolute atomic E-state index is 6.90. The highest BCUT2D eigenvalue weighted by Crippen LogP contribution is 2.42. The summed E-state index contributed by atoms with van der Waals surface area (Å²) in [5, 5.41) is 4.36. The number of hydrogen-bond acceptors (Lipinski definition) is 5. The smallest absolute Gasteiger partial charge is 0.166 e. The summed E-state index contributed by atoms with van der Waals surface area (Å²) < 4.78 is 9.21. The largest absolute Gasteiger partial charge is 0.455 e. The Balaban J connectivity index is 1.14. The molecule has 11 aromatic rings. The monoisotopic (exact) mass is 717 g/mol. The molecule has 0 atom stereocenters. The fraction of sp³-hybridized carbons (Fsp3) is 0. The summed E-state index contributed by atoms with van der Waals surface area (Å²) in [6.07, 6.45) is 1.93. The zero-order valence-electron chi connectivity index (χ0n) is 30.0. The Hall–Kier alpha value is -7.70. The molecule has 0 aliphatic rings. The van der Waals surface area contributed by atoms with E-state index in [4.69, 9.17) is 24.4 Å². The number of para-hydroxylation sites is 2. The molecule has 0 N–H and O–H groups in total. The summed E-state index contributed by atoms with van der Waals surface area (Å²) in [6.45, 7) is 0. The van der Waals surface area contributed by atoms with Crippen molar-refractivity contribution in [2.24, 2.45) is 0 Å². The standard InChI is InChI=1S/C50H31N5O/c1-5-15-32(16-6-1)36-29-41(50-53-48(33-17-7-2-8-18-33)52-49(54-50)34-19-9-3-10-20-34)46(51-31-36)35-25-26-38-39-27-28-43-45(47(39)56-44(38)30-35)40-23-13-14-24-42(40)55(43)37-21-11-4-12-22-37/h1-31H. The van der Waals surface area contributed by atoms with E-state index < -0.39 is 0 Å². The minimum atomic E-state index is 0.540. The van der Waals surface area contributed by atoms with Crippen LogP contribution in [0.2, 0.25) is 0 Å². The Morgan fingerprint density at radius 2 is 1.00 bits per heavy atom. The van der Waals surface area contributed by atoms with Crippen LogP contribution in [0.5, 0.6) is 0 Å². The number of furan rings is 1. The Morgan fingerprint density at radius 1 is 0.411 bits per heavy atom. The van der Waals surface area contributed by atoms with E-state index in [1.54, 1.807) is 0 Å². The molecule has 0 amide bonds. The summed E-state index contributed by atoms with van der Waals surface area (Å²) in [4.78, 5) is 20.3. The first-order valence-electron chi connectivity index (χ1n) is 18.6. The predicted molar refractivity (Wildman–Crippen MR) is 226 cm³/mol. The minimum absolute atomic E-state index is 0.540. The van der Waals surface area contributed by atoms with Gasteiger partial charge >= 0.3 is 0 Å². The molecule has 11 rings (SSSR count). The van der Waals surface area contributed by atoms with E-state index in [9.17, 15) is 0 Å². The molecule has 4 heterocycles. The van der Waals surface area contributed by atoms with Crippen molar-refractivity contribution >= 4 is 43.7 Å². The van der Waals surface area contributed by atoms with Crippen molar-refractivity contribution in [1.82, 2.24) is 24.5 Å². The number of aromatic nitrogens is 5. The van der Waals surface area contributed by atoms with E-state index in [0.717, 1.165) is 88.5 Å². The van der Waals surface area contributed by atoms with Gasteiger partial charge in [-0.25, -0.2) is 15.0 Å². The number of pyridine rings is 1. The lowest BCUT2D eigenvalue weighted by Crippen LogP contribution is -2.02. The number of rotatable bonds is 6. The number of fused-ring (bicyclic) bond motifs is 7. The van der Waals surface area contributed by atoms with E-state index in [2.05, 4.69) is 102 Å². The lowest BCUT2D eigenvalue weighted by atomic mass is 9.99. The fourth-order valence-electron chi connectivity index (χ4n) is 7.87. The van der Waals surface area contributed by atoms with Gasteiger partial charge in [0.15, 0.2) is 17.5 Å². The summed E-state index contributed by atoms with van der Waals surface area (Å²) in [5.74, 6) is 1.73. The van der Waals surface area contributed by atoms with Crippen LogP contribution in [0.3, 0.4) is 0 Å². The van der Waals surface area contributed by atoms with Crippen molar-refractivity contribution in [3.8, 4) is 62.2 Å². The summed E-state index contributed by atoms with van der Waals surface area (Å²) in [5.41, 5.74) is 11.3. The second kappa shape index (κ2) is 13.0. The number of benzene rings is 7. The van der Waals surface area contributed by atoms with Gasteiger partial charge in [-0.05, 0) is 54.1 Å². The van der Waals surface area contributed by atoms with Crippen LogP contribution in [0.4, 0.5) is 0 Å². The molecule has 0 aliphatic heterocycles. The average molecular weight is 718 g/mol. The normalized spacial score (nSPS) is 11.6. The van der Waals surface area contributed by atoms with Crippen LogP contribution in [-0.4, -0.2) is 24.5 Å². The summed E-state index contributed by atoms with van der Waals surface area (Å²) in [7, 11) is 0. The van der Waals surface area contributed by atoms with Crippen LogP contribution >= 0.6 is 0 Å². The maximum Gasteiger partial charge on any atom is 0.166 e. The zero-order chi connectivity index (χ0) is 37.0. The number of nitrogens with zero attached hydrogens (tertiary/aromatic N) is 5. The second-order valence-electron chi connectivity index (χ2n) is 13.9. The number of hydrogen-bond donors (Lipinski definition) is 0. The molecule has 0 bridgehead atoms. The highest BCUT2D eigenvalue weighted by Gasteiger charge is 2.21. The Bertz CT molecular complexity index is 3170. The molecule has 0 spiro atoms. The van der Waals surface area contributed by atoms with Crippen molar-refractivity contribution < 1.29 is 4.42 Å². The summed E-state index contributed by atoms with van der Waals surface area (Å²) >= 11 is 0. The lowest BCUT2D eigenvalue weighted by molar-refractivity contribution is 0.673. The molecule has 262 valence electrons. The van der Waals surface area contributed by atoms with E-state index in [-0.39, 0.29) is 0 Å². The van der Waals surface area contributed by atoms with Gasteiger partial charge in [-0.1, -0.05) is 133 Å². The topological polar surface area (TPSA) is 69.6 Å². The molecule has 0 saturated carbocycles. The van der Waals surface area contributed by atoms with Gasteiger partial charge in [-0.15, -0.1) is 0 Å². The Morgan fingerprint density at radius 3 is 1.70 bits per heavy atom.